The molecule has 1 aliphatic rings. The van der Waals surface area contributed by atoms with E-state index in [0.717, 1.165) is 62.7 Å². The van der Waals surface area contributed by atoms with E-state index in [0.29, 0.717) is 5.56 Å². The summed E-state index contributed by atoms with van der Waals surface area (Å²) >= 11 is 0. The van der Waals surface area contributed by atoms with Gasteiger partial charge in [0, 0.05) is 37.0 Å². The van der Waals surface area contributed by atoms with E-state index in [9.17, 15) is 18.7 Å². The van der Waals surface area contributed by atoms with E-state index in [1.807, 2.05) is 6.07 Å². The van der Waals surface area contributed by atoms with Crippen molar-refractivity contribution in [3.8, 4) is 0 Å². The van der Waals surface area contributed by atoms with Gasteiger partial charge in [-0.05, 0) is 49.1 Å². The number of aliphatic hydroxyl groups is 1. The van der Waals surface area contributed by atoms with Gasteiger partial charge in [-0.3, -0.25) is 4.79 Å². The third-order valence-corrected chi connectivity index (χ3v) is 4.58. The van der Waals surface area contributed by atoms with E-state index in [1.165, 1.54) is 0 Å². The number of amides is 1. The van der Waals surface area contributed by atoms with E-state index in [2.05, 4.69) is 10.2 Å². The van der Waals surface area contributed by atoms with Gasteiger partial charge in [0.15, 0.2) is 0 Å². The smallest absolute Gasteiger partial charge is 0.255 e. The Hall–Kier alpha value is -2.31. The molecule has 1 saturated heterocycles. The van der Waals surface area contributed by atoms with Gasteiger partial charge in [-0.25, -0.2) is 8.78 Å². The van der Waals surface area contributed by atoms with Crippen LogP contribution in [0.15, 0.2) is 42.5 Å². The number of nitrogens with zero attached hydrogens (tertiary/aromatic N) is 1. The summed E-state index contributed by atoms with van der Waals surface area (Å²) in [5.41, 5.74) is 1.56. The van der Waals surface area contributed by atoms with Crippen molar-refractivity contribution in [2.75, 3.05) is 25.0 Å². The minimum Gasteiger partial charge on any atom is -0.393 e. The first-order valence-electron chi connectivity index (χ1n) is 8.76. The summed E-state index contributed by atoms with van der Waals surface area (Å²) in [5, 5.41) is 12.1. The molecule has 1 fully saturated rings. The largest absolute Gasteiger partial charge is 0.393 e. The molecule has 1 aliphatic heterocycles. The fraction of sp³-hybridized carbons (Fsp3) is 0.350. The van der Waals surface area contributed by atoms with Crippen molar-refractivity contribution in [2.24, 2.45) is 0 Å². The molecule has 0 atom stereocenters. The molecule has 0 spiro atoms. The number of benzene rings is 2. The lowest BCUT2D eigenvalue weighted by atomic mass is 10.0. The standard InChI is InChI=1S/C20H22F2N2O2/c21-16-11-17(22)13-18(12-16)23-20(26)15-3-1-2-14(10-15)4-7-24-8-5-19(25)6-9-24/h1-3,10-13,19,25H,4-9H2,(H,23,26). The summed E-state index contributed by atoms with van der Waals surface area (Å²) in [6, 6.07) is 10.1. The summed E-state index contributed by atoms with van der Waals surface area (Å²) in [6.07, 6.45) is 2.20. The van der Waals surface area contributed by atoms with Gasteiger partial charge in [-0.2, -0.15) is 0 Å². The minimum atomic E-state index is -0.735. The maximum Gasteiger partial charge on any atom is 0.255 e. The van der Waals surface area contributed by atoms with Crippen molar-refractivity contribution < 1.29 is 18.7 Å². The third kappa shape index (κ3) is 5.09. The van der Waals surface area contributed by atoms with E-state index >= 15 is 0 Å². The number of aliphatic hydroxyl groups excluding tert-OH is 1. The fourth-order valence-corrected chi connectivity index (χ4v) is 3.13. The van der Waals surface area contributed by atoms with Crippen LogP contribution < -0.4 is 5.32 Å². The Bertz CT molecular complexity index is 754. The molecule has 2 aromatic carbocycles. The van der Waals surface area contributed by atoms with Gasteiger partial charge in [-0.1, -0.05) is 12.1 Å². The number of carbonyl (C=O) groups excluding carboxylic acids is 1. The van der Waals surface area contributed by atoms with Crippen LogP contribution in [0.25, 0.3) is 0 Å². The second-order valence-corrected chi connectivity index (χ2v) is 6.64. The summed E-state index contributed by atoms with van der Waals surface area (Å²) < 4.78 is 26.5. The van der Waals surface area contributed by atoms with Gasteiger partial charge in [0.05, 0.1) is 6.10 Å². The molecule has 0 radical (unpaired) electrons. The molecule has 0 unspecified atom stereocenters. The lowest BCUT2D eigenvalue weighted by molar-refractivity contribution is 0.0831. The predicted octanol–water partition coefficient (Wildman–Crippen LogP) is 3.22. The number of hydrogen-bond donors (Lipinski definition) is 2. The number of anilines is 1. The van der Waals surface area contributed by atoms with Crippen LogP contribution in [0.5, 0.6) is 0 Å². The Balaban J connectivity index is 1.60. The number of carbonyl (C=O) groups is 1. The molecule has 4 nitrogen and oxygen atoms in total. The molecule has 2 aromatic rings. The van der Waals surface area contributed by atoms with Crippen LogP contribution in [0.3, 0.4) is 0 Å². The SMILES string of the molecule is O=C(Nc1cc(F)cc(F)c1)c1cccc(CCN2CCC(O)CC2)c1. The monoisotopic (exact) mass is 360 g/mol. The Morgan fingerprint density at radius 1 is 1.12 bits per heavy atom. The lowest BCUT2D eigenvalue weighted by Crippen LogP contribution is -2.37. The van der Waals surface area contributed by atoms with Crippen LogP contribution in [-0.4, -0.2) is 41.7 Å². The van der Waals surface area contributed by atoms with E-state index in [4.69, 9.17) is 0 Å². The zero-order chi connectivity index (χ0) is 18.5. The van der Waals surface area contributed by atoms with Gasteiger partial charge in [0.1, 0.15) is 11.6 Å². The van der Waals surface area contributed by atoms with Crippen molar-refractivity contribution >= 4 is 11.6 Å². The maximum atomic E-state index is 13.2. The Labute approximate surface area is 151 Å². The topological polar surface area (TPSA) is 52.6 Å². The maximum absolute atomic E-state index is 13.2. The molecule has 2 N–H and O–H groups in total. The predicted molar refractivity (Wildman–Crippen MR) is 96.1 cm³/mol. The van der Waals surface area contributed by atoms with Crippen LogP contribution in [-0.2, 0) is 6.42 Å². The Kier molecular flexibility index (Phi) is 5.96. The Morgan fingerprint density at radius 3 is 2.50 bits per heavy atom. The molecule has 0 saturated carbocycles. The van der Waals surface area contributed by atoms with Gasteiger partial charge in [-0.15, -0.1) is 0 Å². The van der Waals surface area contributed by atoms with Crippen LogP contribution in [0, 0.1) is 11.6 Å². The van der Waals surface area contributed by atoms with Crippen molar-refractivity contribution in [2.45, 2.75) is 25.4 Å². The first-order valence-corrected chi connectivity index (χ1v) is 8.76. The van der Waals surface area contributed by atoms with Gasteiger partial charge >= 0.3 is 0 Å². The van der Waals surface area contributed by atoms with Crippen molar-refractivity contribution in [1.82, 2.24) is 4.90 Å². The highest BCUT2D eigenvalue weighted by atomic mass is 19.1. The van der Waals surface area contributed by atoms with E-state index in [1.54, 1.807) is 18.2 Å². The zero-order valence-electron chi connectivity index (χ0n) is 14.4. The van der Waals surface area contributed by atoms with Crippen LogP contribution >= 0.6 is 0 Å². The van der Waals surface area contributed by atoms with Gasteiger partial charge in [0.2, 0.25) is 0 Å². The number of hydrogen-bond acceptors (Lipinski definition) is 3. The lowest BCUT2D eigenvalue weighted by Gasteiger charge is -2.29. The van der Waals surface area contributed by atoms with Crippen LogP contribution in [0.2, 0.25) is 0 Å². The number of piperidine rings is 1. The molecule has 0 aromatic heterocycles. The highest BCUT2D eigenvalue weighted by Crippen LogP contribution is 2.16. The first kappa shape index (κ1) is 18.5. The summed E-state index contributed by atoms with van der Waals surface area (Å²) in [5.74, 6) is -1.88. The van der Waals surface area contributed by atoms with Crippen molar-refractivity contribution in [3.05, 3.63) is 65.2 Å². The summed E-state index contributed by atoms with van der Waals surface area (Å²) in [4.78, 5) is 14.6. The normalized spacial score (nSPS) is 15.8. The number of rotatable bonds is 5. The summed E-state index contributed by atoms with van der Waals surface area (Å²) in [7, 11) is 0. The number of halogens is 2. The number of likely N-dealkylation sites (tertiary alicyclic amines) is 1. The molecule has 0 aliphatic carbocycles. The minimum absolute atomic E-state index is 0.0878. The fourth-order valence-electron chi connectivity index (χ4n) is 3.13. The average Bonchev–Trinajstić information content (AvgIpc) is 2.60. The zero-order valence-corrected chi connectivity index (χ0v) is 14.4. The van der Waals surface area contributed by atoms with Crippen LogP contribution in [0.4, 0.5) is 14.5 Å². The average molecular weight is 360 g/mol. The molecule has 138 valence electrons. The van der Waals surface area contributed by atoms with Crippen LogP contribution in [0.1, 0.15) is 28.8 Å². The molecular weight excluding hydrogens is 338 g/mol. The third-order valence-electron chi connectivity index (χ3n) is 4.58. The molecule has 1 heterocycles. The second-order valence-electron chi connectivity index (χ2n) is 6.64. The molecule has 6 heteroatoms. The number of nitrogens with one attached hydrogen (secondary N) is 1. The van der Waals surface area contributed by atoms with Gasteiger partial charge in [0.25, 0.3) is 5.91 Å². The highest BCUT2D eigenvalue weighted by molar-refractivity contribution is 6.04. The van der Waals surface area contributed by atoms with E-state index in [-0.39, 0.29) is 11.8 Å². The highest BCUT2D eigenvalue weighted by Gasteiger charge is 2.16. The van der Waals surface area contributed by atoms with Crippen molar-refractivity contribution in [1.29, 1.82) is 0 Å². The van der Waals surface area contributed by atoms with Gasteiger partial charge < -0.3 is 15.3 Å². The van der Waals surface area contributed by atoms with E-state index < -0.39 is 17.5 Å². The first-order chi connectivity index (χ1) is 12.5. The quantitative estimate of drug-likeness (QED) is 0.861. The molecule has 0 bridgehead atoms. The molecule has 3 rings (SSSR count). The second kappa shape index (κ2) is 8.38. The Morgan fingerprint density at radius 2 is 1.81 bits per heavy atom. The molecule has 26 heavy (non-hydrogen) atoms. The molecular formula is C20H22F2N2O2. The van der Waals surface area contributed by atoms with Crippen molar-refractivity contribution in [3.63, 3.8) is 0 Å². The summed E-state index contributed by atoms with van der Waals surface area (Å²) in [6.45, 7) is 2.63. The molecule has 1 amide bonds.